The van der Waals surface area contributed by atoms with Crippen LogP contribution in [0, 0.1) is 11.3 Å². The van der Waals surface area contributed by atoms with Gasteiger partial charge in [0.25, 0.3) is 0 Å². The van der Waals surface area contributed by atoms with Gasteiger partial charge in [-0.1, -0.05) is 60.7 Å². The van der Waals surface area contributed by atoms with E-state index in [4.69, 9.17) is 17.0 Å². The summed E-state index contributed by atoms with van der Waals surface area (Å²) in [5.41, 5.74) is 3.79. The SMILES string of the molecule is CCOC(=S)C(C#N)=C(Cc1ccccc1)Cc1ccccc1. The second kappa shape index (κ2) is 8.87. The van der Waals surface area contributed by atoms with Crippen molar-refractivity contribution in [2.45, 2.75) is 19.8 Å². The summed E-state index contributed by atoms with van der Waals surface area (Å²) in [6.45, 7) is 2.34. The second-order valence-electron chi connectivity index (χ2n) is 5.14. The molecule has 0 radical (unpaired) electrons. The summed E-state index contributed by atoms with van der Waals surface area (Å²) in [5, 5.41) is 9.86. The monoisotopic (exact) mass is 321 g/mol. The minimum atomic E-state index is 0.289. The van der Waals surface area contributed by atoms with Crippen LogP contribution in [-0.4, -0.2) is 11.7 Å². The van der Waals surface area contributed by atoms with E-state index >= 15 is 0 Å². The number of nitrogens with zero attached hydrogens (tertiary/aromatic N) is 1. The van der Waals surface area contributed by atoms with E-state index < -0.39 is 0 Å². The number of nitriles is 1. The van der Waals surface area contributed by atoms with Crippen LogP contribution < -0.4 is 0 Å². The average Bonchev–Trinajstić information content (AvgIpc) is 2.57. The summed E-state index contributed by atoms with van der Waals surface area (Å²) in [5.74, 6) is 0. The highest BCUT2D eigenvalue weighted by Crippen LogP contribution is 2.19. The number of ether oxygens (including phenoxy) is 1. The summed E-state index contributed by atoms with van der Waals surface area (Å²) in [6.07, 6.45) is 1.37. The highest BCUT2D eigenvalue weighted by atomic mass is 32.1. The zero-order chi connectivity index (χ0) is 16.5. The van der Waals surface area contributed by atoms with E-state index in [0.29, 0.717) is 25.0 Å². The van der Waals surface area contributed by atoms with E-state index in [1.54, 1.807) is 0 Å². The van der Waals surface area contributed by atoms with Crippen molar-refractivity contribution in [1.29, 1.82) is 5.26 Å². The zero-order valence-electron chi connectivity index (χ0n) is 13.2. The summed E-state index contributed by atoms with van der Waals surface area (Å²) in [4.78, 5) is 0. The molecule has 2 aromatic rings. The molecule has 2 rings (SSSR count). The number of rotatable bonds is 6. The molecule has 0 atom stereocenters. The molecule has 0 spiro atoms. The number of hydrogen-bond donors (Lipinski definition) is 0. The van der Waals surface area contributed by atoms with Gasteiger partial charge in [-0.25, -0.2) is 0 Å². The van der Waals surface area contributed by atoms with Crippen LogP contribution in [0.15, 0.2) is 71.8 Å². The Bertz CT molecular complexity index is 671. The molecule has 0 amide bonds. The Labute approximate surface area is 143 Å². The summed E-state index contributed by atoms with van der Waals surface area (Å²) >= 11 is 5.28. The van der Waals surface area contributed by atoms with E-state index in [0.717, 1.165) is 16.7 Å². The smallest absolute Gasteiger partial charge is 0.201 e. The van der Waals surface area contributed by atoms with Crippen LogP contribution in [0.1, 0.15) is 18.1 Å². The highest BCUT2D eigenvalue weighted by molar-refractivity contribution is 7.80. The molecule has 0 fully saturated rings. The highest BCUT2D eigenvalue weighted by Gasteiger charge is 2.14. The predicted octanol–water partition coefficient (Wildman–Crippen LogP) is 4.66. The van der Waals surface area contributed by atoms with Crippen molar-refractivity contribution in [2.75, 3.05) is 6.61 Å². The van der Waals surface area contributed by atoms with E-state index in [2.05, 4.69) is 30.3 Å². The average molecular weight is 321 g/mol. The standard InChI is InChI=1S/C20H19NOS/c1-2-22-20(23)19(15-21)18(13-16-9-5-3-6-10-16)14-17-11-7-4-8-12-17/h3-12H,2,13-14H2,1H3. The van der Waals surface area contributed by atoms with Crippen LogP contribution in [0.3, 0.4) is 0 Å². The van der Waals surface area contributed by atoms with Crippen LogP contribution >= 0.6 is 12.2 Å². The first-order chi connectivity index (χ1) is 11.2. The minimum Gasteiger partial charge on any atom is -0.483 e. The minimum absolute atomic E-state index is 0.289. The molecule has 0 unspecified atom stereocenters. The maximum Gasteiger partial charge on any atom is 0.201 e. The summed E-state index contributed by atoms with van der Waals surface area (Å²) in [6, 6.07) is 22.5. The lowest BCUT2D eigenvalue weighted by Gasteiger charge is -2.12. The molecular formula is C20H19NOS. The molecule has 3 heteroatoms. The van der Waals surface area contributed by atoms with Crippen molar-refractivity contribution in [2.24, 2.45) is 0 Å². The van der Waals surface area contributed by atoms with Gasteiger partial charge in [-0.2, -0.15) is 5.26 Å². The number of allylic oxidation sites excluding steroid dienone is 1. The van der Waals surface area contributed by atoms with Gasteiger partial charge in [-0.15, -0.1) is 0 Å². The van der Waals surface area contributed by atoms with Gasteiger partial charge in [0.15, 0.2) is 0 Å². The largest absolute Gasteiger partial charge is 0.483 e. The molecule has 0 aliphatic heterocycles. The van der Waals surface area contributed by atoms with Crippen molar-refractivity contribution in [3.8, 4) is 6.07 Å². The lowest BCUT2D eigenvalue weighted by atomic mass is 9.94. The van der Waals surface area contributed by atoms with E-state index in [1.165, 1.54) is 0 Å². The Balaban J connectivity index is 2.37. The van der Waals surface area contributed by atoms with Gasteiger partial charge in [-0.05, 0) is 48.7 Å². The third-order valence-corrected chi connectivity index (χ3v) is 3.79. The Morgan fingerprint density at radius 3 is 1.83 bits per heavy atom. The zero-order valence-corrected chi connectivity index (χ0v) is 14.0. The quantitative estimate of drug-likeness (QED) is 0.441. The van der Waals surface area contributed by atoms with E-state index in [9.17, 15) is 5.26 Å². The van der Waals surface area contributed by atoms with Gasteiger partial charge >= 0.3 is 0 Å². The molecule has 0 saturated heterocycles. The van der Waals surface area contributed by atoms with Gasteiger partial charge < -0.3 is 4.74 Å². The molecule has 116 valence electrons. The third kappa shape index (κ3) is 5.05. The molecule has 0 heterocycles. The summed E-state index contributed by atoms with van der Waals surface area (Å²) < 4.78 is 5.40. The van der Waals surface area contributed by atoms with Gasteiger partial charge in [0.2, 0.25) is 5.05 Å². The molecule has 0 saturated carbocycles. The van der Waals surface area contributed by atoms with Gasteiger partial charge in [0.1, 0.15) is 11.6 Å². The van der Waals surface area contributed by atoms with Crippen LogP contribution in [0.25, 0.3) is 0 Å². The summed E-state index contributed by atoms with van der Waals surface area (Å²) in [7, 11) is 0. The third-order valence-electron chi connectivity index (χ3n) is 3.47. The first kappa shape index (κ1) is 16.9. The fraction of sp³-hybridized carbons (Fsp3) is 0.200. The fourth-order valence-corrected chi connectivity index (χ4v) is 2.70. The van der Waals surface area contributed by atoms with E-state index in [1.807, 2.05) is 43.3 Å². The maximum absolute atomic E-state index is 9.57. The molecule has 2 nitrogen and oxygen atoms in total. The van der Waals surface area contributed by atoms with Crippen molar-refractivity contribution < 1.29 is 4.74 Å². The number of benzene rings is 2. The molecule has 0 aliphatic carbocycles. The lowest BCUT2D eigenvalue weighted by Crippen LogP contribution is -2.10. The van der Waals surface area contributed by atoms with E-state index in [-0.39, 0.29) is 5.05 Å². The Kier molecular flexibility index (Phi) is 6.53. The predicted molar refractivity (Wildman–Crippen MR) is 97.2 cm³/mol. The van der Waals surface area contributed by atoms with Gasteiger partial charge in [-0.3, -0.25) is 0 Å². The lowest BCUT2D eigenvalue weighted by molar-refractivity contribution is 0.337. The normalized spacial score (nSPS) is 9.74. The molecule has 0 aliphatic rings. The number of hydrogen-bond acceptors (Lipinski definition) is 3. The Morgan fingerprint density at radius 2 is 1.43 bits per heavy atom. The first-order valence-corrected chi connectivity index (χ1v) is 8.02. The topological polar surface area (TPSA) is 33.0 Å². The second-order valence-corrected chi connectivity index (χ2v) is 5.51. The molecule has 0 aromatic heterocycles. The van der Waals surface area contributed by atoms with Crippen LogP contribution in [-0.2, 0) is 17.6 Å². The van der Waals surface area contributed by atoms with Crippen molar-refractivity contribution in [3.63, 3.8) is 0 Å². The molecule has 23 heavy (non-hydrogen) atoms. The molecule has 0 N–H and O–H groups in total. The van der Waals surface area contributed by atoms with Gasteiger partial charge in [0.05, 0.1) is 6.61 Å². The van der Waals surface area contributed by atoms with Crippen LogP contribution in [0.5, 0.6) is 0 Å². The first-order valence-electron chi connectivity index (χ1n) is 7.61. The fourth-order valence-electron chi connectivity index (χ4n) is 2.40. The molecular weight excluding hydrogens is 302 g/mol. The van der Waals surface area contributed by atoms with Gasteiger partial charge in [0, 0.05) is 0 Å². The number of thiocarbonyl (C=S) groups is 1. The van der Waals surface area contributed by atoms with Crippen LogP contribution in [0.2, 0.25) is 0 Å². The Hall–Kier alpha value is -2.44. The van der Waals surface area contributed by atoms with Crippen molar-refractivity contribution in [3.05, 3.63) is 82.9 Å². The van der Waals surface area contributed by atoms with Crippen LogP contribution in [0.4, 0.5) is 0 Å². The maximum atomic E-state index is 9.57. The van der Waals surface area contributed by atoms with Crippen molar-refractivity contribution in [1.82, 2.24) is 0 Å². The van der Waals surface area contributed by atoms with Crippen molar-refractivity contribution >= 4 is 17.3 Å². The molecule has 0 bridgehead atoms. The Morgan fingerprint density at radius 1 is 0.957 bits per heavy atom. The molecule has 2 aromatic carbocycles.